The Kier molecular flexibility index (Phi) is 7.83. The Hall–Kier alpha value is -6.24. The van der Waals surface area contributed by atoms with Gasteiger partial charge in [0.1, 0.15) is 0 Å². The zero-order valence-electron chi connectivity index (χ0n) is 39.7. The predicted octanol–water partition coefficient (Wildman–Crippen LogP) is 19.0. The molecule has 0 N–H and O–H groups in total. The molecule has 64 heavy (non-hydrogen) atoms. The predicted molar refractivity (Wildman–Crippen MR) is 284 cm³/mol. The normalized spacial score (nSPS) is 13.6. The van der Waals surface area contributed by atoms with Gasteiger partial charge in [0, 0.05) is 0 Å². The van der Waals surface area contributed by atoms with E-state index >= 15 is 0 Å². The minimum absolute atomic E-state index is 0.00870. The second-order valence-electron chi connectivity index (χ2n) is 23.3. The SMILES string of the molecule is CC(C)(C)c1cc2cc3c(C(C)(C)C)ccc(-c4ccc(C(C)(C)C)c5cc6cc(C(C)(C)C)cc7c8cccc9cccc(c98)c(c45)c67)c3c3c4cccc5cccc(c(c1)c23)c54. The zero-order valence-corrected chi connectivity index (χ0v) is 39.7. The molecule has 0 aliphatic rings. The van der Waals surface area contributed by atoms with Crippen LogP contribution in [0.15, 0.2) is 133 Å². The van der Waals surface area contributed by atoms with Gasteiger partial charge in [-0.1, -0.05) is 192 Å². The molecule has 0 heteroatoms. The molecule has 0 amide bonds. The monoisotopic (exact) mass is 826 g/mol. The van der Waals surface area contributed by atoms with Gasteiger partial charge in [-0.15, -0.1) is 0 Å². The summed E-state index contributed by atoms with van der Waals surface area (Å²) in [7, 11) is 0. The molecule has 0 spiro atoms. The van der Waals surface area contributed by atoms with Gasteiger partial charge in [0.05, 0.1) is 0 Å². The Morgan fingerprint density at radius 3 is 0.938 bits per heavy atom. The molecule has 0 nitrogen and oxygen atoms in total. The summed E-state index contributed by atoms with van der Waals surface area (Å²) in [5.41, 5.74) is 7.95. The molecule has 314 valence electrons. The Labute approximate surface area is 377 Å². The molecule has 0 radical (unpaired) electrons. The zero-order chi connectivity index (χ0) is 44.6. The van der Waals surface area contributed by atoms with Crippen LogP contribution in [-0.2, 0) is 21.7 Å². The van der Waals surface area contributed by atoms with Crippen molar-refractivity contribution >= 4 is 108 Å². The van der Waals surface area contributed by atoms with Gasteiger partial charge in [0.15, 0.2) is 0 Å². The fourth-order valence-corrected chi connectivity index (χ4v) is 11.9. The minimum Gasteiger partial charge on any atom is -0.0610 e. The first-order valence-electron chi connectivity index (χ1n) is 23.5. The molecule has 0 saturated heterocycles. The largest absolute Gasteiger partial charge is 0.0610 e. The van der Waals surface area contributed by atoms with Gasteiger partial charge in [-0.2, -0.15) is 0 Å². The molecule has 0 bridgehead atoms. The lowest BCUT2D eigenvalue weighted by atomic mass is 9.75. The second kappa shape index (κ2) is 12.7. The third-order valence-corrected chi connectivity index (χ3v) is 15.0. The van der Waals surface area contributed by atoms with Crippen LogP contribution >= 0.6 is 0 Å². The number of fused-ring (bicyclic) bond motifs is 8. The van der Waals surface area contributed by atoms with Crippen molar-refractivity contribution in [1.82, 2.24) is 0 Å². The standard InChI is InChI=1S/C64H58/c1-61(2,3)39-29-37-31-49-51(63(7,8)9)27-25-43(57(49)59-45-23-15-19-35-17-13-21-41(53(35)45)47(33-39)55(37)59)44-26-28-52(64(10,11)12)50-32-38-30-40(62(4,5)6)34-48-42-22-14-18-36-20-16-24-46(54(36)42)60(56(38)48)58(44)50/h13-34H,1-12H3. The van der Waals surface area contributed by atoms with Crippen molar-refractivity contribution in [2.24, 2.45) is 0 Å². The van der Waals surface area contributed by atoms with Crippen LogP contribution < -0.4 is 0 Å². The van der Waals surface area contributed by atoms with E-state index in [0.29, 0.717) is 0 Å². The molecule has 12 rings (SSSR count). The molecule has 0 saturated carbocycles. The third kappa shape index (κ3) is 5.41. The fourth-order valence-electron chi connectivity index (χ4n) is 11.9. The average molecular weight is 827 g/mol. The summed E-state index contributed by atoms with van der Waals surface area (Å²) in [6, 6.07) is 52.9. The van der Waals surface area contributed by atoms with Gasteiger partial charge in [-0.3, -0.25) is 0 Å². The van der Waals surface area contributed by atoms with E-state index in [9.17, 15) is 0 Å². The lowest BCUT2D eigenvalue weighted by molar-refractivity contribution is 0.591. The third-order valence-electron chi connectivity index (χ3n) is 15.0. The van der Waals surface area contributed by atoms with Crippen LogP contribution in [-0.4, -0.2) is 0 Å². The van der Waals surface area contributed by atoms with Crippen LogP contribution in [0.2, 0.25) is 0 Å². The summed E-state index contributed by atoms with van der Waals surface area (Å²) in [5, 5.41) is 27.0. The molecule has 0 aromatic heterocycles. The summed E-state index contributed by atoms with van der Waals surface area (Å²) in [5.74, 6) is 0. The van der Waals surface area contributed by atoms with Gasteiger partial charge in [0.2, 0.25) is 0 Å². The van der Waals surface area contributed by atoms with E-state index in [1.165, 1.54) is 141 Å². The van der Waals surface area contributed by atoms with E-state index in [0.717, 1.165) is 0 Å². The summed E-state index contributed by atoms with van der Waals surface area (Å²) in [4.78, 5) is 0. The number of hydrogen-bond acceptors (Lipinski definition) is 0. The van der Waals surface area contributed by atoms with Crippen molar-refractivity contribution in [3.8, 4) is 11.1 Å². The van der Waals surface area contributed by atoms with Crippen LogP contribution in [0.25, 0.3) is 119 Å². The highest BCUT2D eigenvalue weighted by Gasteiger charge is 2.29. The van der Waals surface area contributed by atoms with E-state index in [1.54, 1.807) is 0 Å². The van der Waals surface area contributed by atoms with Crippen molar-refractivity contribution in [2.45, 2.75) is 105 Å². The van der Waals surface area contributed by atoms with E-state index < -0.39 is 0 Å². The van der Waals surface area contributed by atoms with Crippen molar-refractivity contribution in [3.63, 3.8) is 0 Å². The average Bonchev–Trinajstić information content (AvgIpc) is 3.23. The Bertz CT molecular complexity index is 3680. The summed E-state index contributed by atoms with van der Waals surface area (Å²) in [6.45, 7) is 28.5. The van der Waals surface area contributed by atoms with Crippen LogP contribution in [0.5, 0.6) is 0 Å². The van der Waals surface area contributed by atoms with Crippen LogP contribution in [0.4, 0.5) is 0 Å². The minimum atomic E-state index is -0.0837. The molecule has 0 heterocycles. The van der Waals surface area contributed by atoms with Crippen molar-refractivity contribution < 1.29 is 0 Å². The first-order valence-corrected chi connectivity index (χ1v) is 23.5. The number of benzene rings is 12. The highest BCUT2D eigenvalue weighted by molar-refractivity contribution is 6.42. The Balaban J connectivity index is 1.38. The summed E-state index contributed by atoms with van der Waals surface area (Å²) < 4.78 is 0. The smallest absolute Gasteiger partial charge is 0.000774 e. The highest BCUT2D eigenvalue weighted by Crippen LogP contribution is 2.53. The first kappa shape index (κ1) is 39.4. The maximum absolute atomic E-state index is 2.57. The van der Waals surface area contributed by atoms with Crippen LogP contribution in [0.3, 0.4) is 0 Å². The Morgan fingerprint density at radius 2 is 0.594 bits per heavy atom. The molecule has 0 aliphatic carbocycles. The Morgan fingerprint density at radius 1 is 0.234 bits per heavy atom. The number of hydrogen-bond donors (Lipinski definition) is 0. The van der Waals surface area contributed by atoms with E-state index in [2.05, 4.69) is 217 Å². The lowest BCUT2D eigenvalue weighted by Crippen LogP contribution is -2.13. The van der Waals surface area contributed by atoms with Crippen molar-refractivity contribution in [3.05, 3.63) is 156 Å². The van der Waals surface area contributed by atoms with E-state index in [1.807, 2.05) is 0 Å². The lowest BCUT2D eigenvalue weighted by Gasteiger charge is -2.28. The molecular formula is C64H58. The molecule has 0 atom stereocenters. The van der Waals surface area contributed by atoms with Crippen molar-refractivity contribution in [2.75, 3.05) is 0 Å². The first-order chi connectivity index (χ1) is 30.3. The van der Waals surface area contributed by atoms with Crippen LogP contribution in [0.1, 0.15) is 105 Å². The molecule has 12 aromatic carbocycles. The maximum Gasteiger partial charge on any atom is -0.000774 e. The van der Waals surface area contributed by atoms with E-state index in [-0.39, 0.29) is 21.7 Å². The highest BCUT2D eigenvalue weighted by atomic mass is 14.3. The molecule has 0 unspecified atom stereocenters. The quantitative estimate of drug-likeness (QED) is 0.114. The van der Waals surface area contributed by atoms with Gasteiger partial charge in [0.25, 0.3) is 0 Å². The second-order valence-corrected chi connectivity index (χ2v) is 23.3. The van der Waals surface area contributed by atoms with Gasteiger partial charge in [-0.25, -0.2) is 0 Å². The maximum atomic E-state index is 2.57. The van der Waals surface area contributed by atoms with Crippen LogP contribution in [0, 0.1) is 0 Å². The topological polar surface area (TPSA) is 0 Å². The molecule has 12 aromatic rings. The fraction of sp³-hybridized carbons (Fsp3) is 0.250. The molecule has 0 fully saturated rings. The van der Waals surface area contributed by atoms with Gasteiger partial charge >= 0.3 is 0 Å². The number of rotatable bonds is 1. The van der Waals surface area contributed by atoms with Gasteiger partial charge < -0.3 is 0 Å². The molecule has 0 aliphatic heterocycles. The van der Waals surface area contributed by atoms with Gasteiger partial charge in [-0.05, 0) is 187 Å². The summed E-state index contributed by atoms with van der Waals surface area (Å²) in [6.07, 6.45) is 0. The summed E-state index contributed by atoms with van der Waals surface area (Å²) >= 11 is 0. The molecular weight excluding hydrogens is 769 g/mol. The van der Waals surface area contributed by atoms with E-state index in [4.69, 9.17) is 0 Å². The van der Waals surface area contributed by atoms with Crippen molar-refractivity contribution in [1.29, 1.82) is 0 Å².